The maximum atomic E-state index is 11.8. The second-order valence-corrected chi connectivity index (χ2v) is 4.82. The first-order valence-corrected chi connectivity index (χ1v) is 6.00. The second-order valence-electron chi connectivity index (χ2n) is 4.82. The van der Waals surface area contributed by atoms with Gasteiger partial charge in [0, 0.05) is 19.5 Å². The van der Waals surface area contributed by atoms with Gasteiger partial charge in [0.25, 0.3) is 0 Å². The van der Waals surface area contributed by atoms with E-state index >= 15 is 0 Å². The third kappa shape index (κ3) is 4.56. The summed E-state index contributed by atoms with van der Waals surface area (Å²) in [6.07, 6.45) is 3.11. The fourth-order valence-electron chi connectivity index (χ4n) is 1.88. The summed E-state index contributed by atoms with van der Waals surface area (Å²) in [7, 11) is 1.80. The molecule has 0 radical (unpaired) electrons. The van der Waals surface area contributed by atoms with Crippen molar-refractivity contribution in [3.05, 3.63) is 12.3 Å². The molecule has 1 amide bonds. The summed E-state index contributed by atoms with van der Waals surface area (Å²) in [6, 6.07) is 1.78. The van der Waals surface area contributed by atoms with Crippen LogP contribution in [-0.4, -0.2) is 22.2 Å². The molecule has 0 aliphatic carbocycles. The SMILES string of the molecule is CC(C)C[C@H](CN)CC(=O)Nc1ccnn1C. The molecule has 0 fully saturated rings. The topological polar surface area (TPSA) is 72.9 Å². The van der Waals surface area contributed by atoms with Gasteiger partial charge in [0.15, 0.2) is 0 Å². The zero-order valence-corrected chi connectivity index (χ0v) is 10.8. The molecule has 0 saturated carbocycles. The number of rotatable bonds is 6. The molecule has 5 heteroatoms. The van der Waals surface area contributed by atoms with Crippen molar-refractivity contribution in [3.63, 3.8) is 0 Å². The maximum Gasteiger partial charge on any atom is 0.225 e. The molecular formula is C12H22N4O. The first-order chi connectivity index (χ1) is 8.02. The summed E-state index contributed by atoms with van der Waals surface area (Å²) < 4.78 is 1.64. The van der Waals surface area contributed by atoms with Gasteiger partial charge in [-0.15, -0.1) is 0 Å². The molecule has 0 bridgehead atoms. The van der Waals surface area contributed by atoms with Crippen molar-refractivity contribution in [1.29, 1.82) is 0 Å². The Bertz CT molecular complexity index is 359. The first kappa shape index (κ1) is 13.7. The van der Waals surface area contributed by atoms with Crippen molar-refractivity contribution < 1.29 is 4.79 Å². The van der Waals surface area contributed by atoms with E-state index in [0.717, 1.165) is 12.2 Å². The number of aryl methyl sites for hydroxylation is 1. The molecule has 0 aromatic carbocycles. The molecule has 3 N–H and O–H groups in total. The summed E-state index contributed by atoms with van der Waals surface area (Å²) >= 11 is 0. The Kier molecular flexibility index (Phi) is 5.15. The van der Waals surface area contributed by atoms with E-state index in [4.69, 9.17) is 5.73 Å². The highest BCUT2D eigenvalue weighted by Crippen LogP contribution is 2.15. The van der Waals surface area contributed by atoms with Crippen LogP contribution in [0.2, 0.25) is 0 Å². The highest BCUT2D eigenvalue weighted by atomic mass is 16.1. The van der Waals surface area contributed by atoms with E-state index in [0.29, 0.717) is 18.9 Å². The van der Waals surface area contributed by atoms with Gasteiger partial charge in [-0.2, -0.15) is 5.10 Å². The molecule has 0 saturated heterocycles. The minimum atomic E-state index is 0.00435. The molecule has 0 aliphatic rings. The van der Waals surface area contributed by atoms with E-state index in [1.54, 1.807) is 24.0 Å². The molecule has 1 atom stereocenters. The molecule has 1 heterocycles. The van der Waals surface area contributed by atoms with Crippen molar-refractivity contribution in [2.45, 2.75) is 26.7 Å². The lowest BCUT2D eigenvalue weighted by atomic mass is 9.94. The smallest absolute Gasteiger partial charge is 0.225 e. The van der Waals surface area contributed by atoms with Gasteiger partial charge in [-0.3, -0.25) is 9.48 Å². The summed E-state index contributed by atoms with van der Waals surface area (Å²) in [5.41, 5.74) is 5.68. The molecule has 17 heavy (non-hydrogen) atoms. The lowest BCUT2D eigenvalue weighted by Crippen LogP contribution is -2.24. The Balaban J connectivity index is 2.45. The van der Waals surface area contributed by atoms with Crippen LogP contribution >= 0.6 is 0 Å². The first-order valence-electron chi connectivity index (χ1n) is 6.00. The number of carbonyl (C=O) groups excluding carboxylic acids is 1. The molecule has 0 aliphatic heterocycles. The van der Waals surface area contributed by atoms with Crippen LogP contribution in [-0.2, 0) is 11.8 Å². The second kappa shape index (κ2) is 6.39. The van der Waals surface area contributed by atoms with Crippen LogP contribution in [0, 0.1) is 11.8 Å². The molecule has 0 spiro atoms. The molecule has 5 nitrogen and oxygen atoms in total. The van der Waals surface area contributed by atoms with Gasteiger partial charge < -0.3 is 11.1 Å². The maximum absolute atomic E-state index is 11.8. The third-order valence-electron chi connectivity index (χ3n) is 2.70. The fourth-order valence-corrected chi connectivity index (χ4v) is 1.88. The van der Waals surface area contributed by atoms with Gasteiger partial charge in [0.05, 0.1) is 6.20 Å². The number of hydrogen-bond donors (Lipinski definition) is 2. The average molecular weight is 238 g/mol. The van der Waals surface area contributed by atoms with Gasteiger partial charge in [-0.25, -0.2) is 0 Å². The van der Waals surface area contributed by atoms with Crippen molar-refractivity contribution in [3.8, 4) is 0 Å². The minimum Gasteiger partial charge on any atom is -0.330 e. The number of nitrogens with one attached hydrogen (secondary N) is 1. The lowest BCUT2D eigenvalue weighted by Gasteiger charge is -2.16. The predicted octanol–water partition coefficient (Wildman–Crippen LogP) is 1.37. The Hall–Kier alpha value is -1.36. The third-order valence-corrected chi connectivity index (χ3v) is 2.70. The summed E-state index contributed by atoms with van der Waals surface area (Å²) in [4.78, 5) is 11.8. The fraction of sp³-hybridized carbons (Fsp3) is 0.667. The summed E-state index contributed by atoms with van der Waals surface area (Å²) in [5, 5.41) is 6.83. The van der Waals surface area contributed by atoms with Crippen LogP contribution in [0.15, 0.2) is 12.3 Å². The van der Waals surface area contributed by atoms with Gasteiger partial charge in [0.1, 0.15) is 5.82 Å². The predicted molar refractivity (Wildman–Crippen MR) is 68.5 cm³/mol. The van der Waals surface area contributed by atoms with E-state index in [2.05, 4.69) is 24.3 Å². The van der Waals surface area contributed by atoms with Crippen LogP contribution in [0.25, 0.3) is 0 Å². The monoisotopic (exact) mass is 238 g/mol. The van der Waals surface area contributed by atoms with E-state index in [1.165, 1.54) is 0 Å². The molecule has 1 aromatic rings. The molecule has 96 valence electrons. The van der Waals surface area contributed by atoms with Crippen molar-refractivity contribution in [2.24, 2.45) is 24.6 Å². The van der Waals surface area contributed by atoms with Gasteiger partial charge in [0.2, 0.25) is 5.91 Å². The molecule has 1 rings (SSSR count). The van der Waals surface area contributed by atoms with Crippen LogP contribution in [0.3, 0.4) is 0 Å². The number of amides is 1. The van der Waals surface area contributed by atoms with Gasteiger partial charge in [-0.05, 0) is 24.8 Å². The van der Waals surface area contributed by atoms with Crippen LogP contribution in [0.1, 0.15) is 26.7 Å². The van der Waals surface area contributed by atoms with E-state index < -0.39 is 0 Å². The Morgan fingerprint density at radius 3 is 2.76 bits per heavy atom. The Morgan fingerprint density at radius 1 is 1.59 bits per heavy atom. The lowest BCUT2D eigenvalue weighted by molar-refractivity contribution is -0.117. The zero-order valence-electron chi connectivity index (χ0n) is 10.8. The largest absolute Gasteiger partial charge is 0.330 e. The number of anilines is 1. The number of carbonyl (C=O) groups is 1. The zero-order chi connectivity index (χ0) is 12.8. The number of hydrogen-bond acceptors (Lipinski definition) is 3. The number of aromatic nitrogens is 2. The Labute approximate surface area is 102 Å². The highest BCUT2D eigenvalue weighted by Gasteiger charge is 2.14. The summed E-state index contributed by atoms with van der Waals surface area (Å²) in [6.45, 7) is 4.83. The summed E-state index contributed by atoms with van der Waals surface area (Å²) in [5.74, 6) is 1.54. The van der Waals surface area contributed by atoms with Gasteiger partial charge in [-0.1, -0.05) is 13.8 Å². The quantitative estimate of drug-likeness (QED) is 0.786. The van der Waals surface area contributed by atoms with E-state index in [1.807, 2.05) is 0 Å². The van der Waals surface area contributed by atoms with Crippen molar-refractivity contribution >= 4 is 11.7 Å². The van der Waals surface area contributed by atoms with Crippen LogP contribution in [0.5, 0.6) is 0 Å². The molecule has 0 unspecified atom stereocenters. The molecular weight excluding hydrogens is 216 g/mol. The van der Waals surface area contributed by atoms with Gasteiger partial charge >= 0.3 is 0 Å². The van der Waals surface area contributed by atoms with Crippen LogP contribution < -0.4 is 11.1 Å². The minimum absolute atomic E-state index is 0.00435. The average Bonchev–Trinajstić information content (AvgIpc) is 2.62. The standard InChI is InChI=1S/C12H22N4O/c1-9(2)6-10(8-13)7-12(17)15-11-4-5-14-16(11)3/h4-5,9-10H,6-8,13H2,1-3H3,(H,15,17)/t10-/m0/s1. The highest BCUT2D eigenvalue weighted by molar-refractivity contribution is 5.89. The van der Waals surface area contributed by atoms with E-state index in [-0.39, 0.29) is 11.8 Å². The van der Waals surface area contributed by atoms with Crippen molar-refractivity contribution in [2.75, 3.05) is 11.9 Å². The van der Waals surface area contributed by atoms with E-state index in [9.17, 15) is 4.79 Å². The number of nitrogens with two attached hydrogens (primary N) is 1. The van der Waals surface area contributed by atoms with Crippen LogP contribution in [0.4, 0.5) is 5.82 Å². The number of nitrogens with zero attached hydrogens (tertiary/aromatic N) is 2. The normalized spacial score (nSPS) is 12.8. The Morgan fingerprint density at radius 2 is 2.29 bits per heavy atom. The molecule has 1 aromatic heterocycles. The van der Waals surface area contributed by atoms with Crippen molar-refractivity contribution in [1.82, 2.24) is 9.78 Å².